The van der Waals surface area contributed by atoms with Crippen molar-refractivity contribution in [2.45, 2.75) is 0 Å². The van der Waals surface area contributed by atoms with Crippen molar-refractivity contribution in [3.63, 3.8) is 0 Å². The smallest absolute Gasteiger partial charge is 0.461 e. The molecule has 0 aromatic heterocycles. The summed E-state index contributed by atoms with van der Waals surface area (Å²) in [6.07, 6.45) is 0. The molecule has 1 heterocycles. The Bertz CT molecular complexity index is 2000. The summed E-state index contributed by atoms with van der Waals surface area (Å²) in [5, 5.41) is 10.9. The number of aromatic hydroxyl groups is 1. The fourth-order valence-electron chi connectivity index (χ4n) is 4.51. The molecule has 6 aromatic rings. The van der Waals surface area contributed by atoms with Gasteiger partial charge in [0.2, 0.25) is 0 Å². The van der Waals surface area contributed by atoms with Gasteiger partial charge in [-0.15, -0.1) is 0 Å². The second-order valence-corrected chi connectivity index (χ2v) is 16.5. The Morgan fingerprint density at radius 3 is 0.837 bits per heavy atom. The van der Waals surface area contributed by atoms with Gasteiger partial charge in [-0.3, -0.25) is 0 Å². The third kappa shape index (κ3) is 8.02. The van der Waals surface area contributed by atoms with Crippen LogP contribution in [0, 0.1) is 0 Å². The maximum absolute atomic E-state index is 10.9. The lowest BCUT2D eigenvalue weighted by atomic mass is 10.3. The van der Waals surface area contributed by atoms with Crippen molar-refractivity contribution in [2.24, 2.45) is 13.5 Å². The molecule has 49 heavy (non-hydrogen) atoms. The molecule has 7 rings (SSSR count). The zero-order valence-corrected chi connectivity index (χ0v) is 28.5. The van der Waals surface area contributed by atoms with Crippen molar-refractivity contribution in [3.8, 4) is 40.2 Å². The molecule has 246 valence electrons. The number of phenolic OH excluding ortho intramolecular Hbond substituents is 1. The van der Waals surface area contributed by atoms with E-state index >= 15 is 0 Å². The van der Waals surface area contributed by atoms with Crippen LogP contribution in [0.2, 0.25) is 0 Å². The average Bonchev–Trinajstić information content (AvgIpc) is 3.11. The van der Waals surface area contributed by atoms with Gasteiger partial charge in [-0.25, -0.2) is 0 Å². The second kappa shape index (κ2) is 14.4. The highest BCUT2D eigenvalue weighted by atomic mass is 31.3. The summed E-state index contributed by atoms with van der Waals surface area (Å²) in [5.41, 5.74) is 0. The van der Waals surface area contributed by atoms with Crippen molar-refractivity contribution in [1.29, 1.82) is 0 Å². The quantitative estimate of drug-likeness (QED) is 0.126. The van der Waals surface area contributed by atoms with Crippen LogP contribution in [-0.2, 0) is 0 Å². The van der Waals surface area contributed by atoms with Crippen LogP contribution < -0.4 is 27.1 Å². The Hall–Kier alpha value is -5.39. The molecular weight excluding hydrogens is 679 g/mol. The first kappa shape index (κ1) is 32.2. The third-order valence-corrected chi connectivity index (χ3v) is 14.7. The molecule has 0 spiro atoms. The van der Waals surface area contributed by atoms with E-state index < -0.39 is 23.0 Å². The Morgan fingerprint density at radius 2 is 0.551 bits per heavy atom. The molecule has 0 aliphatic carbocycles. The molecule has 1 atom stereocenters. The molecule has 0 amide bonds. The molecule has 1 aliphatic rings. The predicted molar refractivity (Wildman–Crippen MR) is 192 cm³/mol. The van der Waals surface area contributed by atoms with E-state index in [1.54, 1.807) is 78.9 Å². The van der Waals surface area contributed by atoms with Crippen molar-refractivity contribution in [1.82, 2.24) is 0 Å². The normalized spacial score (nSPS) is 17.1. The Balaban J connectivity index is 1.57. The first-order chi connectivity index (χ1) is 24.0. The molecule has 13 heteroatoms. The number of benzene rings is 6. The standard InChI is InChI=1S/C36H30N3O7P3/c40-35-28-16-17-29-36(35)46-49(45-34-26-14-5-15-27-34)38-47(41-30-18-6-1-7-19-30,42-31-20-8-2-9-21-31)37-48(39-49,43-32-22-10-3-11-23-32)44-33-24-12-4-13-25-33/h1-29,40H. The largest absolute Gasteiger partial charge is 0.504 e. The molecule has 0 saturated heterocycles. The molecule has 0 fully saturated rings. The number of nitrogens with zero attached hydrogens (tertiary/aromatic N) is 3. The zero-order valence-electron chi connectivity index (χ0n) is 25.8. The van der Waals surface area contributed by atoms with Crippen LogP contribution in [-0.4, -0.2) is 5.11 Å². The SMILES string of the molecule is Oc1ccccc1OP1(Oc2ccccc2)=NP(Oc2ccccc2)(Oc2ccccc2)=NP(Oc2ccccc2)(Oc2ccccc2)=N1. The lowest BCUT2D eigenvalue weighted by Crippen LogP contribution is -2.11. The van der Waals surface area contributed by atoms with Crippen molar-refractivity contribution < 1.29 is 32.2 Å². The number of phenols is 1. The number of hydrogen-bond acceptors (Lipinski definition) is 10. The van der Waals surface area contributed by atoms with Gasteiger partial charge >= 0.3 is 23.0 Å². The fraction of sp³-hybridized carbons (Fsp3) is 0. The molecule has 1 N–H and O–H groups in total. The Labute approximate surface area is 284 Å². The highest BCUT2D eigenvalue weighted by Gasteiger charge is 2.49. The molecule has 0 radical (unpaired) electrons. The van der Waals surface area contributed by atoms with E-state index in [1.807, 2.05) is 91.0 Å². The highest BCUT2D eigenvalue weighted by molar-refractivity contribution is 7.79. The minimum absolute atomic E-state index is 0.0659. The van der Waals surface area contributed by atoms with Gasteiger partial charge in [0.1, 0.15) is 28.7 Å². The lowest BCUT2D eigenvalue weighted by molar-refractivity contribution is 0.416. The Morgan fingerprint density at radius 1 is 0.306 bits per heavy atom. The van der Waals surface area contributed by atoms with Crippen molar-refractivity contribution >= 4 is 23.0 Å². The van der Waals surface area contributed by atoms with E-state index in [4.69, 9.17) is 40.7 Å². The van der Waals surface area contributed by atoms with Crippen LogP contribution in [0.1, 0.15) is 0 Å². The molecule has 6 aromatic carbocycles. The number of para-hydroxylation sites is 7. The topological polar surface area (TPSA) is 113 Å². The molecule has 0 saturated carbocycles. The second-order valence-electron chi connectivity index (χ2n) is 10.3. The van der Waals surface area contributed by atoms with Gasteiger partial charge in [0, 0.05) is 0 Å². The number of rotatable bonds is 12. The van der Waals surface area contributed by atoms with Crippen LogP contribution in [0.3, 0.4) is 0 Å². The van der Waals surface area contributed by atoms with Gasteiger partial charge in [-0.05, 0) is 72.8 Å². The van der Waals surface area contributed by atoms with E-state index in [9.17, 15) is 5.11 Å². The van der Waals surface area contributed by atoms with Crippen LogP contribution in [0.25, 0.3) is 0 Å². The monoisotopic (exact) mass is 709 g/mol. The van der Waals surface area contributed by atoms with E-state index in [2.05, 4.69) is 0 Å². The molecular formula is C36H30N3O7P3. The van der Waals surface area contributed by atoms with Gasteiger partial charge in [0.15, 0.2) is 11.5 Å². The molecule has 0 bridgehead atoms. The van der Waals surface area contributed by atoms with Gasteiger partial charge in [0.25, 0.3) is 0 Å². The summed E-state index contributed by atoms with van der Waals surface area (Å²) in [6.45, 7) is 0. The summed E-state index contributed by atoms with van der Waals surface area (Å²) in [7, 11) is -12.0. The van der Waals surface area contributed by atoms with Gasteiger partial charge in [0.05, 0.1) is 0 Å². The maximum Gasteiger partial charge on any atom is 0.461 e. The van der Waals surface area contributed by atoms with Crippen molar-refractivity contribution in [3.05, 3.63) is 176 Å². The van der Waals surface area contributed by atoms with Crippen LogP contribution in [0.4, 0.5) is 0 Å². The van der Waals surface area contributed by atoms with Crippen molar-refractivity contribution in [2.75, 3.05) is 0 Å². The molecule has 1 aliphatic heterocycles. The molecule has 10 nitrogen and oxygen atoms in total. The summed E-state index contributed by atoms with van der Waals surface area (Å²) < 4.78 is 55.5. The highest BCUT2D eigenvalue weighted by Crippen LogP contribution is 2.78. The van der Waals surface area contributed by atoms with Crippen LogP contribution in [0.5, 0.6) is 40.2 Å². The van der Waals surface area contributed by atoms with E-state index in [0.29, 0.717) is 28.7 Å². The first-order valence-electron chi connectivity index (χ1n) is 15.1. The van der Waals surface area contributed by atoms with Crippen LogP contribution in [0.15, 0.2) is 189 Å². The van der Waals surface area contributed by atoms with E-state index in [-0.39, 0.29) is 11.5 Å². The zero-order chi connectivity index (χ0) is 33.4. The van der Waals surface area contributed by atoms with Gasteiger partial charge < -0.3 is 32.2 Å². The lowest BCUT2D eigenvalue weighted by Gasteiger charge is -2.33. The predicted octanol–water partition coefficient (Wildman–Crippen LogP) is 12.0. The number of hydrogen-bond donors (Lipinski definition) is 1. The molecule has 1 unspecified atom stereocenters. The summed E-state index contributed by atoms with van der Waals surface area (Å²) in [4.78, 5) is 0. The third-order valence-electron chi connectivity index (χ3n) is 6.60. The summed E-state index contributed by atoms with van der Waals surface area (Å²) in [6, 6.07) is 51.7. The minimum Gasteiger partial charge on any atom is -0.504 e. The Kier molecular flexibility index (Phi) is 9.45. The first-order valence-corrected chi connectivity index (χ1v) is 19.7. The average molecular weight is 710 g/mol. The summed E-state index contributed by atoms with van der Waals surface area (Å²) >= 11 is 0. The van der Waals surface area contributed by atoms with Gasteiger partial charge in [-0.2, -0.15) is 0 Å². The fourth-order valence-corrected chi connectivity index (χ4v) is 13.6. The van der Waals surface area contributed by atoms with E-state index in [0.717, 1.165) is 0 Å². The van der Waals surface area contributed by atoms with E-state index in [1.165, 1.54) is 6.07 Å². The maximum atomic E-state index is 10.9. The summed E-state index contributed by atoms with van der Waals surface area (Å²) in [5.74, 6) is 1.96. The van der Waals surface area contributed by atoms with Gasteiger partial charge in [-0.1, -0.05) is 117 Å². The van der Waals surface area contributed by atoms with Crippen LogP contribution >= 0.6 is 23.0 Å². The minimum atomic E-state index is -4.06.